The number of amides is 2. The van der Waals surface area contributed by atoms with Gasteiger partial charge in [-0.1, -0.05) is 6.92 Å². The van der Waals surface area contributed by atoms with E-state index in [9.17, 15) is 9.59 Å². The Hall–Kier alpha value is -2.05. The number of rotatable bonds is 7. The fraction of sp³-hybridized carbons (Fsp3) is 0.643. The number of carbonyl (C=O) groups is 2. The number of aromatic nitrogens is 2. The summed E-state index contributed by atoms with van der Waals surface area (Å²) in [6.45, 7) is 2.41. The average Bonchev–Trinajstić information content (AvgIpc) is 3.19. The topological polar surface area (TPSA) is 96.3 Å². The first-order chi connectivity index (χ1) is 9.99. The predicted octanol–water partition coefficient (Wildman–Crippen LogP) is 1.03. The van der Waals surface area contributed by atoms with Gasteiger partial charge in [0, 0.05) is 31.4 Å². The van der Waals surface area contributed by atoms with E-state index in [4.69, 9.17) is 5.11 Å². The molecule has 0 aromatic carbocycles. The third-order valence-corrected chi connectivity index (χ3v) is 3.67. The fourth-order valence-electron chi connectivity index (χ4n) is 2.45. The van der Waals surface area contributed by atoms with Crippen LogP contribution in [-0.4, -0.2) is 32.9 Å². The molecule has 0 radical (unpaired) electrons. The fourth-order valence-corrected chi connectivity index (χ4v) is 2.45. The zero-order valence-corrected chi connectivity index (χ0v) is 12.4. The number of hydrogen-bond acceptors (Lipinski definition) is 3. The SMILES string of the molecule is CCc1nn(C)cc1CNC(=O)NC(CC(=O)O)C1CC1. The lowest BCUT2D eigenvalue weighted by Gasteiger charge is -2.16. The van der Waals surface area contributed by atoms with Gasteiger partial charge in [0.2, 0.25) is 0 Å². The summed E-state index contributed by atoms with van der Waals surface area (Å²) in [4.78, 5) is 22.7. The average molecular weight is 294 g/mol. The molecule has 2 amide bonds. The number of carboxylic acid groups (broad SMARTS) is 1. The molecule has 1 fully saturated rings. The van der Waals surface area contributed by atoms with Gasteiger partial charge in [0.15, 0.2) is 0 Å². The van der Waals surface area contributed by atoms with Gasteiger partial charge in [-0.3, -0.25) is 9.48 Å². The van der Waals surface area contributed by atoms with Crippen LogP contribution in [-0.2, 0) is 24.8 Å². The Kier molecular flexibility index (Phi) is 4.82. The molecule has 1 atom stereocenters. The summed E-state index contributed by atoms with van der Waals surface area (Å²) >= 11 is 0. The van der Waals surface area contributed by atoms with Crippen LogP contribution in [0, 0.1) is 5.92 Å². The molecule has 1 aromatic rings. The highest BCUT2D eigenvalue weighted by atomic mass is 16.4. The van der Waals surface area contributed by atoms with E-state index in [1.54, 1.807) is 4.68 Å². The molecule has 3 N–H and O–H groups in total. The van der Waals surface area contributed by atoms with E-state index in [1.165, 1.54) is 0 Å². The van der Waals surface area contributed by atoms with E-state index in [-0.39, 0.29) is 18.5 Å². The van der Waals surface area contributed by atoms with Crippen molar-refractivity contribution in [3.05, 3.63) is 17.5 Å². The van der Waals surface area contributed by atoms with Gasteiger partial charge < -0.3 is 15.7 Å². The van der Waals surface area contributed by atoms with Gasteiger partial charge in [0.25, 0.3) is 0 Å². The number of nitrogens with zero attached hydrogens (tertiary/aromatic N) is 2. The minimum absolute atomic E-state index is 0.0226. The van der Waals surface area contributed by atoms with E-state index >= 15 is 0 Å². The molecular weight excluding hydrogens is 272 g/mol. The maximum absolute atomic E-state index is 11.9. The smallest absolute Gasteiger partial charge is 0.315 e. The number of nitrogens with one attached hydrogen (secondary N) is 2. The molecule has 2 rings (SSSR count). The van der Waals surface area contributed by atoms with Crippen LogP contribution in [0.1, 0.15) is 37.4 Å². The number of aryl methyl sites for hydroxylation is 2. The molecule has 1 aromatic heterocycles. The van der Waals surface area contributed by atoms with Crippen molar-refractivity contribution in [1.29, 1.82) is 0 Å². The molecule has 1 saturated carbocycles. The van der Waals surface area contributed by atoms with E-state index < -0.39 is 5.97 Å². The van der Waals surface area contributed by atoms with Gasteiger partial charge in [-0.05, 0) is 25.2 Å². The van der Waals surface area contributed by atoms with E-state index in [1.807, 2.05) is 20.2 Å². The van der Waals surface area contributed by atoms with Crippen LogP contribution in [0.15, 0.2) is 6.20 Å². The molecule has 1 heterocycles. The van der Waals surface area contributed by atoms with Gasteiger partial charge in [-0.25, -0.2) is 4.79 Å². The minimum Gasteiger partial charge on any atom is -0.481 e. The van der Waals surface area contributed by atoms with E-state index in [0.29, 0.717) is 12.5 Å². The number of urea groups is 1. The largest absolute Gasteiger partial charge is 0.481 e. The second-order valence-corrected chi connectivity index (χ2v) is 5.50. The maximum atomic E-state index is 11.9. The standard InChI is InChI=1S/C14H22N4O3/c1-3-11-10(8-18(2)17-11)7-15-14(21)16-12(6-13(19)20)9-4-5-9/h8-9,12H,3-7H2,1-2H3,(H,19,20)(H2,15,16,21). The zero-order valence-electron chi connectivity index (χ0n) is 12.4. The molecule has 0 saturated heterocycles. The predicted molar refractivity (Wildman–Crippen MR) is 76.7 cm³/mol. The Balaban J connectivity index is 1.84. The minimum atomic E-state index is -0.882. The van der Waals surface area contributed by atoms with Crippen molar-refractivity contribution in [1.82, 2.24) is 20.4 Å². The summed E-state index contributed by atoms with van der Waals surface area (Å²) in [5, 5.41) is 18.7. The molecule has 0 aliphatic heterocycles. The molecule has 1 aliphatic carbocycles. The van der Waals surface area contributed by atoms with Crippen LogP contribution >= 0.6 is 0 Å². The highest BCUT2D eigenvalue weighted by molar-refractivity contribution is 5.75. The Morgan fingerprint density at radius 1 is 1.52 bits per heavy atom. The molecular formula is C14H22N4O3. The Labute approximate surface area is 123 Å². The van der Waals surface area contributed by atoms with Crippen LogP contribution in [0.25, 0.3) is 0 Å². The molecule has 0 spiro atoms. The molecule has 0 bridgehead atoms. The molecule has 116 valence electrons. The first-order valence-electron chi connectivity index (χ1n) is 7.27. The summed E-state index contributed by atoms with van der Waals surface area (Å²) in [5.41, 5.74) is 1.94. The highest BCUT2D eigenvalue weighted by Crippen LogP contribution is 2.33. The lowest BCUT2D eigenvalue weighted by molar-refractivity contribution is -0.137. The lowest BCUT2D eigenvalue weighted by atomic mass is 10.1. The van der Waals surface area contributed by atoms with Crippen LogP contribution in [0.2, 0.25) is 0 Å². The summed E-state index contributed by atoms with van der Waals surface area (Å²) in [6.07, 6.45) is 4.64. The number of carboxylic acids is 1. The zero-order chi connectivity index (χ0) is 15.4. The van der Waals surface area contributed by atoms with Crippen molar-refractivity contribution in [2.24, 2.45) is 13.0 Å². The molecule has 21 heavy (non-hydrogen) atoms. The second-order valence-electron chi connectivity index (χ2n) is 5.50. The highest BCUT2D eigenvalue weighted by Gasteiger charge is 2.33. The van der Waals surface area contributed by atoms with Crippen LogP contribution in [0.4, 0.5) is 4.79 Å². The van der Waals surface area contributed by atoms with Crippen molar-refractivity contribution in [2.45, 2.75) is 45.2 Å². The number of carbonyl (C=O) groups excluding carboxylic acids is 1. The van der Waals surface area contributed by atoms with Crippen LogP contribution in [0.5, 0.6) is 0 Å². The van der Waals surface area contributed by atoms with Crippen molar-refractivity contribution in [3.8, 4) is 0 Å². The van der Waals surface area contributed by atoms with Crippen LogP contribution in [0.3, 0.4) is 0 Å². The first-order valence-corrected chi connectivity index (χ1v) is 7.27. The monoisotopic (exact) mass is 294 g/mol. The van der Waals surface area contributed by atoms with Crippen molar-refractivity contribution in [3.63, 3.8) is 0 Å². The van der Waals surface area contributed by atoms with Crippen LogP contribution < -0.4 is 10.6 Å². The third-order valence-electron chi connectivity index (χ3n) is 3.67. The number of hydrogen-bond donors (Lipinski definition) is 3. The van der Waals surface area contributed by atoms with Gasteiger partial charge in [-0.2, -0.15) is 5.10 Å². The number of aliphatic carboxylic acids is 1. The maximum Gasteiger partial charge on any atom is 0.315 e. The van der Waals surface area contributed by atoms with Crippen molar-refractivity contribution in [2.75, 3.05) is 0 Å². The van der Waals surface area contributed by atoms with Gasteiger partial charge >= 0.3 is 12.0 Å². The Morgan fingerprint density at radius 2 is 2.24 bits per heavy atom. The summed E-state index contributed by atoms with van der Waals surface area (Å²) in [7, 11) is 1.85. The summed E-state index contributed by atoms with van der Waals surface area (Å²) in [5.74, 6) is -0.579. The first kappa shape index (κ1) is 15.3. The lowest BCUT2D eigenvalue weighted by Crippen LogP contribution is -2.43. The Morgan fingerprint density at radius 3 is 2.81 bits per heavy atom. The van der Waals surface area contributed by atoms with Gasteiger partial charge in [0.1, 0.15) is 0 Å². The van der Waals surface area contributed by atoms with Crippen molar-refractivity contribution >= 4 is 12.0 Å². The summed E-state index contributed by atoms with van der Waals surface area (Å²) in [6, 6.07) is -0.596. The normalized spacial score (nSPS) is 15.5. The second kappa shape index (κ2) is 6.60. The molecule has 1 aliphatic rings. The third kappa shape index (κ3) is 4.47. The summed E-state index contributed by atoms with van der Waals surface area (Å²) < 4.78 is 1.73. The quantitative estimate of drug-likeness (QED) is 0.700. The Bertz CT molecular complexity index is 522. The van der Waals surface area contributed by atoms with E-state index in [0.717, 1.165) is 30.5 Å². The molecule has 7 heteroatoms. The van der Waals surface area contributed by atoms with Gasteiger partial charge in [0.05, 0.1) is 12.1 Å². The van der Waals surface area contributed by atoms with Gasteiger partial charge in [-0.15, -0.1) is 0 Å². The van der Waals surface area contributed by atoms with Crippen molar-refractivity contribution < 1.29 is 14.7 Å². The van der Waals surface area contributed by atoms with E-state index in [2.05, 4.69) is 15.7 Å². The molecule has 7 nitrogen and oxygen atoms in total. The molecule has 1 unspecified atom stereocenters.